The zero-order valence-corrected chi connectivity index (χ0v) is 10.3. The largest absolute Gasteiger partial charge is 0.299 e. The molecular formula is C13H15FN2O2. The Balaban J connectivity index is 2.06. The van der Waals surface area contributed by atoms with Gasteiger partial charge in [-0.3, -0.25) is 19.8 Å². The van der Waals surface area contributed by atoms with Crippen LogP contribution in [-0.2, 0) is 9.59 Å². The van der Waals surface area contributed by atoms with Gasteiger partial charge in [0.2, 0.25) is 11.8 Å². The van der Waals surface area contributed by atoms with Crippen LogP contribution in [0.2, 0.25) is 0 Å². The molecule has 96 valence electrons. The fraction of sp³-hybridized carbons (Fsp3) is 0.385. The van der Waals surface area contributed by atoms with E-state index in [4.69, 9.17) is 0 Å². The van der Waals surface area contributed by atoms with Gasteiger partial charge in [-0.2, -0.15) is 0 Å². The highest BCUT2D eigenvalue weighted by Gasteiger charge is 2.36. The van der Waals surface area contributed by atoms with Crippen LogP contribution in [0.5, 0.6) is 0 Å². The Kier molecular flexibility index (Phi) is 3.43. The Morgan fingerprint density at radius 2 is 2.17 bits per heavy atom. The Morgan fingerprint density at radius 3 is 2.72 bits per heavy atom. The quantitative estimate of drug-likeness (QED) is 0.821. The molecule has 2 unspecified atom stereocenters. The summed E-state index contributed by atoms with van der Waals surface area (Å²) in [6, 6.07) is 5.49. The van der Waals surface area contributed by atoms with E-state index in [-0.39, 0.29) is 30.1 Å². The van der Waals surface area contributed by atoms with Gasteiger partial charge in [-0.25, -0.2) is 4.39 Å². The summed E-state index contributed by atoms with van der Waals surface area (Å²) < 4.78 is 13.1. The van der Waals surface area contributed by atoms with Crippen LogP contribution in [0.15, 0.2) is 24.3 Å². The highest BCUT2D eigenvalue weighted by Crippen LogP contribution is 2.18. The van der Waals surface area contributed by atoms with Crippen molar-refractivity contribution in [3.8, 4) is 0 Å². The molecular weight excluding hydrogens is 235 g/mol. The SMILES string of the molecule is CC(NC1CC(=O)N(C)C1=O)c1cccc(F)c1. The number of nitrogens with zero attached hydrogens (tertiary/aromatic N) is 1. The van der Waals surface area contributed by atoms with Gasteiger partial charge in [-0.1, -0.05) is 12.1 Å². The summed E-state index contributed by atoms with van der Waals surface area (Å²) >= 11 is 0. The van der Waals surface area contributed by atoms with E-state index in [0.717, 1.165) is 10.5 Å². The molecule has 1 N–H and O–H groups in total. The second-order valence-electron chi connectivity index (χ2n) is 4.49. The predicted molar refractivity (Wildman–Crippen MR) is 64.1 cm³/mol. The Hall–Kier alpha value is -1.75. The minimum absolute atomic E-state index is 0.162. The summed E-state index contributed by atoms with van der Waals surface area (Å²) in [5.41, 5.74) is 0.754. The van der Waals surface area contributed by atoms with Gasteiger partial charge in [-0.15, -0.1) is 0 Å². The summed E-state index contributed by atoms with van der Waals surface area (Å²) in [7, 11) is 1.47. The molecule has 1 aliphatic rings. The number of imide groups is 1. The van der Waals surface area contributed by atoms with Crippen molar-refractivity contribution in [2.75, 3.05) is 7.05 Å². The molecule has 1 saturated heterocycles. The molecule has 2 rings (SSSR count). The van der Waals surface area contributed by atoms with E-state index in [1.54, 1.807) is 12.1 Å². The van der Waals surface area contributed by atoms with Gasteiger partial charge in [-0.05, 0) is 24.6 Å². The van der Waals surface area contributed by atoms with Crippen molar-refractivity contribution in [2.24, 2.45) is 0 Å². The maximum Gasteiger partial charge on any atom is 0.246 e. The third-order valence-corrected chi connectivity index (χ3v) is 3.18. The smallest absolute Gasteiger partial charge is 0.246 e. The number of benzene rings is 1. The van der Waals surface area contributed by atoms with Crippen LogP contribution < -0.4 is 5.32 Å². The molecule has 0 radical (unpaired) electrons. The molecule has 4 nitrogen and oxygen atoms in total. The summed E-state index contributed by atoms with van der Waals surface area (Å²) in [5, 5.41) is 3.05. The topological polar surface area (TPSA) is 49.4 Å². The lowest BCUT2D eigenvalue weighted by molar-refractivity contribution is -0.137. The molecule has 5 heteroatoms. The summed E-state index contributed by atoms with van der Waals surface area (Å²) in [6.07, 6.45) is 0.162. The van der Waals surface area contributed by atoms with Gasteiger partial charge in [0, 0.05) is 13.1 Å². The first-order valence-electron chi connectivity index (χ1n) is 5.81. The number of nitrogens with one attached hydrogen (secondary N) is 1. The third kappa shape index (κ3) is 2.41. The van der Waals surface area contributed by atoms with Crippen molar-refractivity contribution in [3.63, 3.8) is 0 Å². The molecule has 1 aliphatic heterocycles. The van der Waals surface area contributed by atoms with Gasteiger partial charge in [0.05, 0.1) is 12.5 Å². The fourth-order valence-electron chi connectivity index (χ4n) is 2.06. The van der Waals surface area contributed by atoms with Crippen LogP contribution in [0, 0.1) is 5.82 Å². The highest BCUT2D eigenvalue weighted by molar-refractivity contribution is 6.05. The number of likely N-dealkylation sites (tertiary alicyclic amines) is 1. The van der Waals surface area contributed by atoms with Gasteiger partial charge in [0.15, 0.2) is 0 Å². The van der Waals surface area contributed by atoms with Crippen LogP contribution >= 0.6 is 0 Å². The number of halogens is 1. The number of hydrogen-bond acceptors (Lipinski definition) is 3. The lowest BCUT2D eigenvalue weighted by Gasteiger charge is -2.18. The second kappa shape index (κ2) is 4.86. The molecule has 2 atom stereocenters. The van der Waals surface area contributed by atoms with Crippen LogP contribution in [-0.4, -0.2) is 29.8 Å². The van der Waals surface area contributed by atoms with Gasteiger partial charge in [0.25, 0.3) is 0 Å². The Bertz CT molecular complexity index is 490. The van der Waals surface area contributed by atoms with Crippen LogP contribution in [0.3, 0.4) is 0 Å². The lowest BCUT2D eigenvalue weighted by Crippen LogP contribution is -2.38. The van der Waals surface area contributed by atoms with E-state index in [9.17, 15) is 14.0 Å². The molecule has 0 saturated carbocycles. The standard InChI is InChI=1S/C13H15FN2O2/c1-8(9-4-3-5-10(14)6-9)15-11-7-12(17)16(2)13(11)18/h3-6,8,11,15H,7H2,1-2H3. The molecule has 1 aromatic carbocycles. The van der Waals surface area contributed by atoms with Crippen LogP contribution in [0.25, 0.3) is 0 Å². The highest BCUT2D eigenvalue weighted by atomic mass is 19.1. The minimum Gasteiger partial charge on any atom is -0.299 e. The average molecular weight is 250 g/mol. The van der Waals surface area contributed by atoms with Crippen molar-refractivity contribution in [1.29, 1.82) is 0 Å². The molecule has 2 amide bonds. The van der Waals surface area contributed by atoms with Crippen molar-refractivity contribution in [1.82, 2.24) is 10.2 Å². The zero-order valence-electron chi connectivity index (χ0n) is 10.3. The third-order valence-electron chi connectivity index (χ3n) is 3.18. The van der Waals surface area contributed by atoms with Crippen LogP contribution in [0.4, 0.5) is 4.39 Å². The number of hydrogen-bond donors (Lipinski definition) is 1. The normalized spacial score (nSPS) is 21.5. The molecule has 0 spiro atoms. The van der Waals surface area contributed by atoms with Crippen molar-refractivity contribution in [3.05, 3.63) is 35.6 Å². The molecule has 0 aromatic heterocycles. The fourth-order valence-corrected chi connectivity index (χ4v) is 2.06. The number of amides is 2. The number of likely N-dealkylation sites (N-methyl/N-ethyl adjacent to an activating group) is 1. The monoisotopic (exact) mass is 250 g/mol. The van der Waals surface area contributed by atoms with Crippen molar-refractivity contribution in [2.45, 2.75) is 25.4 Å². The average Bonchev–Trinajstić information content (AvgIpc) is 2.57. The maximum absolute atomic E-state index is 13.1. The predicted octanol–water partition coefficient (Wildman–Crippen LogP) is 1.23. The number of carbonyl (C=O) groups excluding carboxylic acids is 2. The van der Waals surface area contributed by atoms with E-state index >= 15 is 0 Å². The molecule has 1 heterocycles. The lowest BCUT2D eigenvalue weighted by atomic mass is 10.1. The van der Waals surface area contributed by atoms with E-state index in [1.807, 2.05) is 6.92 Å². The Morgan fingerprint density at radius 1 is 1.44 bits per heavy atom. The molecule has 1 aromatic rings. The van der Waals surface area contributed by atoms with Crippen LogP contribution in [0.1, 0.15) is 24.9 Å². The van der Waals surface area contributed by atoms with Gasteiger partial charge < -0.3 is 0 Å². The second-order valence-corrected chi connectivity index (χ2v) is 4.49. The Labute approximate surface area is 105 Å². The van der Waals surface area contributed by atoms with Crippen molar-refractivity contribution >= 4 is 11.8 Å². The minimum atomic E-state index is -0.513. The van der Waals surface area contributed by atoms with Gasteiger partial charge in [0.1, 0.15) is 5.82 Å². The summed E-state index contributed by atoms with van der Waals surface area (Å²) in [5.74, 6) is -0.737. The van der Waals surface area contributed by atoms with Gasteiger partial charge >= 0.3 is 0 Å². The molecule has 18 heavy (non-hydrogen) atoms. The zero-order chi connectivity index (χ0) is 13.3. The van der Waals surface area contributed by atoms with E-state index in [1.165, 1.54) is 19.2 Å². The molecule has 1 fully saturated rings. The summed E-state index contributed by atoms with van der Waals surface area (Å²) in [6.45, 7) is 1.84. The van der Waals surface area contributed by atoms with E-state index in [2.05, 4.69) is 5.32 Å². The first-order chi connectivity index (χ1) is 8.49. The maximum atomic E-state index is 13.1. The first kappa shape index (κ1) is 12.7. The number of rotatable bonds is 3. The van der Waals surface area contributed by atoms with Crippen molar-refractivity contribution < 1.29 is 14.0 Å². The van der Waals surface area contributed by atoms with E-state index < -0.39 is 6.04 Å². The molecule has 0 bridgehead atoms. The molecule has 0 aliphatic carbocycles. The number of carbonyl (C=O) groups is 2. The summed E-state index contributed by atoms with van der Waals surface area (Å²) in [4.78, 5) is 24.2. The first-order valence-corrected chi connectivity index (χ1v) is 5.81. The van der Waals surface area contributed by atoms with E-state index in [0.29, 0.717) is 0 Å².